The Labute approximate surface area is 133 Å². The van der Waals surface area contributed by atoms with Gasteiger partial charge in [-0.15, -0.1) is 0 Å². The molecule has 7 nitrogen and oxygen atoms in total. The van der Waals surface area contributed by atoms with Crippen molar-refractivity contribution in [3.63, 3.8) is 0 Å². The summed E-state index contributed by atoms with van der Waals surface area (Å²) in [5.41, 5.74) is 0.987. The molecule has 2 rings (SSSR count). The normalized spacial score (nSPS) is 10.2. The third-order valence-electron chi connectivity index (χ3n) is 3.12. The monoisotopic (exact) mass is 315 g/mol. The zero-order valence-electron chi connectivity index (χ0n) is 12.9. The van der Waals surface area contributed by atoms with E-state index in [9.17, 15) is 9.59 Å². The minimum Gasteiger partial charge on any atom is -0.492 e. The Kier molecular flexibility index (Phi) is 5.24. The molecular weight excluding hydrogens is 298 g/mol. The first kappa shape index (κ1) is 16.4. The number of rotatable bonds is 6. The molecule has 23 heavy (non-hydrogen) atoms. The number of carboxylic acid groups (broad SMARTS) is 1. The Morgan fingerprint density at radius 3 is 2.52 bits per heavy atom. The molecule has 0 bridgehead atoms. The predicted molar refractivity (Wildman–Crippen MR) is 82.6 cm³/mol. The van der Waals surface area contributed by atoms with Crippen LogP contribution in [0, 0.1) is 6.92 Å². The Balaban J connectivity index is 1.88. The second-order valence-corrected chi connectivity index (χ2v) is 4.98. The molecule has 0 saturated carbocycles. The second-order valence-electron chi connectivity index (χ2n) is 4.98. The molecule has 120 valence electrons. The van der Waals surface area contributed by atoms with E-state index in [-0.39, 0.29) is 17.3 Å². The summed E-state index contributed by atoms with van der Waals surface area (Å²) < 4.78 is 5.59. The molecule has 0 atom stereocenters. The molecule has 1 amide bonds. The first-order valence-electron chi connectivity index (χ1n) is 6.97. The van der Waals surface area contributed by atoms with Gasteiger partial charge in [-0.05, 0) is 24.6 Å². The van der Waals surface area contributed by atoms with Crippen LogP contribution in [-0.2, 0) is 0 Å². The summed E-state index contributed by atoms with van der Waals surface area (Å²) in [5, 5.41) is 8.75. The van der Waals surface area contributed by atoms with Crippen molar-refractivity contribution in [2.24, 2.45) is 0 Å². The number of likely N-dealkylation sites (N-methyl/N-ethyl adjacent to an activating group) is 1. The van der Waals surface area contributed by atoms with Crippen LogP contribution in [0.3, 0.4) is 0 Å². The molecule has 0 unspecified atom stereocenters. The molecule has 0 aliphatic rings. The number of aromatic nitrogens is 2. The molecule has 2 aromatic rings. The van der Waals surface area contributed by atoms with Gasteiger partial charge in [-0.25, -0.2) is 14.8 Å². The van der Waals surface area contributed by atoms with Gasteiger partial charge in [-0.2, -0.15) is 0 Å². The number of hydrogen-bond acceptors (Lipinski definition) is 5. The highest BCUT2D eigenvalue weighted by Gasteiger charge is 2.15. The molecule has 0 spiro atoms. The predicted octanol–water partition coefficient (Wildman–Crippen LogP) is 1.63. The maximum absolute atomic E-state index is 12.1. The Morgan fingerprint density at radius 1 is 1.22 bits per heavy atom. The standard InChI is InChI=1S/C16H17N3O4/c1-11-4-3-5-12(8-11)23-7-6-19(2)15(20)13-9-18-14(10-17-13)16(21)22/h3-5,8-10H,6-7H2,1-2H3,(H,21,22). The van der Waals surface area contributed by atoms with Crippen molar-refractivity contribution in [1.82, 2.24) is 14.9 Å². The number of hydrogen-bond donors (Lipinski definition) is 1. The fourth-order valence-electron chi connectivity index (χ4n) is 1.85. The summed E-state index contributed by atoms with van der Waals surface area (Å²) in [5.74, 6) is -0.782. The van der Waals surface area contributed by atoms with Gasteiger partial charge < -0.3 is 14.7 Å². The van der Waals surface area contributed by atoms with Crippen molar-refractivity contribution < 1.29 is 19.4 Å². The molecule has 1 N–H and O–H groups in total. The summed E-state index contributed by atoms with van der Waals surface area (Å²) in [4.78, 5) is 31.8. The largest absolute Gasteiger partial charge is 0.492 e. The first-order valence-corrected chi connectivity index (χ1v) is 6.97. The molecule has 0 aliphatic carbocycles. The highest BCUT2D eigenvalue weighted by atomic mass is 16.5. The lowest BCUT2D eigenvalue weighted by Gasteiger charge is -2.17. The van der Waals surface area contributed by atoms with Crippen molar-refractivity contribution >= 4 is 11.9 Å². The van der Waals surface area contributed by atoms with Crippen LogP contribution in [0.25, 0.3) is 0 Å². The van der Waals surface area contributed by atoms with E-state index in [0.717, 1.165) is 23.7 Å². The van der Waals surface area contributed by atoms with Crippen molar-refractivity contribution in [3.05, 3.63) is 53.6 Å². The molecule has 1 heterocycles. The fraction of sp³-hybridized carbons (Fsp3) is 0.250. The zero-order valence-corrected chi connectivity index (χ0v) is 12.9. The van der Waals surface area contributed by atoms with Gasteiger partial charge >= 0.3 is 5.97 Å². The molecule has 7 heteroatoms. The average Bonchev–Trinajstić information content (AvgIpc) is 2.54. The van der Waals surface area contributed by atoms with Crippen LogP contribution in [0.2, 0.25) is 0 Å². The van der Waals surface area contributed by atoms with Gasteiger partial charge in [-0.3, -0.25) is 4.79 Å². The third kappa shape index (κ3) is 4.50. The van der Waals surface area contributed by atoms with Gasteiger partial charge in [-0.1, -0.05) is 12.1 Å². The maximum Gasteiger partial charge on any atom is 0.356 e. The number of carbonyl (C=O) groups excluding carboxylic acids is 1. The van der Waals surface area contributed by atoms with E-state index in [1.807, 2.05) is 31.2 Å². The molecule has 0 radical (unpaired) electrons. The van der Waals surface area contributed by atoms with Crippen molar-refractivity contribution in [1.29, 1.82) is 0 Å². The van der Waals surface area contributed by atoms with Crippen LogP contribution in [0.1, 0.15) is 26.5 Å². The SMILES string of the molecule is Cc1cccc(OCCN(C)C(=O)c2cnc(C(=O)O)cn2)c1. The zero-order chi connectivity index (χ0) is 16.8. The number of carbonyl (C=O) groups is 2. The van der Waals surface area contributed by atoms with Crippen LogP contribution >= 0.6 is 0 Å². The van der Waals surface area contributed by atoms with Gasteiger partial charge in [0.25, 0.3) is 5.91 Å². The van der Waals surface area contributed by atoms with Crippen LogP contribution in [0.4, 0.5) is 0 Å². The molecular formula is C16H17N3O4. The first-order chi connectivity index (χ1) is 11.0. The van der Waals surface area contributed by atoms with Crippen LogP contribution in [0.15, 0.2) is 36.7 Å². The highest BCUT2D eigenvalue weighted by molar-refractivity contribution is 5.92. The van der Waals surface area contributed by atoms with Crippen LogP contribution in [0.5, 0.6) is 5.75 Å². The highest BCUT2D eigenvalue weighted by Crippen LogP contribution is 2.12. The third-order valence-corrected chi connectivity index (χ3v) is 3.12. The summed E-state index contributed by atoms with van der Waals surface area (Å²) in [6, 6.07) is 7.64. The van der Waals surface area contributed by atoms with Gasteiger partial charge in [0.15, 0.2) is 5.69 Å². The van der Waals surface area contributed by atoms with Gasteiger partial charge in [0.1, 0.15) is 18.1 Å². The number of carboxylic acids is 1. The lowest BCUT2D eigenvalue weighted by Crippen LogP contribution is -2.31. The summed E-state index contributed by atoms with van der Waals surface area (Å²) >= 11 is 0. The summed E-state index contributed by atoms with van der Waals surface area (Å²) in [6.07, 6.45) is 2.22. The van der Waals surface area contributed by atoms with E-state index in [1.54, 1.807) is 7.05 Å². The van der Waals surface area contributed by atoms with Gasteiger partial charge in [0.2, 0.25) is 0 Å². The number of amides is 1. The van der Waals surface area contributed by atoms with E-state index in [2.05, 4.69) is 9.97 Å². The number of aromatic carboxylic acids is 1. The Morgan fingerprint density at radius 2 is 1.91 bits per heavy atom. The van der Waals surface area contributed by atoms with E-state index < -0.39 is 5.97 Å². The minimum absolute atomic E-state index is 0.0908. The average molecular weight is 315 g/mol. The van der Waals surface area contributed by atoms with Crippen LogP contribution < -0.4 is 4.74 Å². The molecule has 1 aromatic carbocycles. The van der Waals surface area contributed by atoms with Crippen molar-refractivity contribution in [3.8, 4) is 5.75 Å². The van der Waals surface area contributed by atoms with E-state index in [0.29, 0.717) is 13.2 Å². The van der Waals surface area contributed by atoms with Gasteiger partial charge in [0, 0.05) is 7.05 Å². The summed E-state index contributed by atoms with van der Waals surface area (Å²) in [6.45, 7) is 2.68. The lowest BCUT2D eigenvalue weighted by atomic mass is 10.2. The van der Waals surface area contributed by atoms with Crippen molar-refractivity contribution in [2.45, 2.75) is 6.92 Å². The quantitative estimate of drug-likeness (QED) is 0.871. The van der Waals surface area contributed by atoms with Crippen molar-refractivity contribution in [2.75, 3.05) is 20.2 Å². The van der Waals surface area contributed by atoms with E-state index in [4.69, 9.17) is 9.84 Å². The molecule has 0 fully saturated rings. The Bertz CT molecular complexity index is 701. The second kappa shape index (κ2) is 7.35. The minimum atomic E-state index is -1.18. The smallest absolute Gasteiger partial charge is 0.356 e. The topological polar surface area (TPSA) is 92.6 Å². The molecule has 1 aromatic heterocycles. The molecule has 0 aliphatic heterocycles. The summed E-state index contributed by atoms with van der Waals surface area (Å²) in [7, 11) is 1.62. The number of nitrogens with zero attached hydrogens (tertiary/aromatic N) is 3. The maximum atomic E-state index is 12.1. The Hall–Kier alpha value is -2.96. The number of benzene rings is 1. The fourth-order valence-corrected chi connectivity index (χ4v) is 1.85. The number of ether oxygens (including phenoxy) is 1. The lowest BCUT2D eigenvalue weighted by molar-refractivity contribution is 0.0686. The van der Waals surface area contributed by atoms with Crippen LogP contribution in [-0.4, -0.2) is 52.1 Å². The van der Waals surface area contributed by atoms with Gasteiger partial charge in [0.05, 0.1) is 18.9 Å². The number of aryl methyl sites for hydroxylation is 1. The van der Waals surface area contributed by atoms with E-state index >= 15 is 0 Å². The van der Waals surface area contributed by atoms with E-state index in [1.165, 1.54) is 4.90 Å². The molecule has 0 saturated heterocycles.